The normalized spacial score (nSPS) is 14.1. The number of hydrogen-bond donors (Lipinski definition) is 1. The molecule has 5 aromatic rings. The second kappa shape index (κ2) is 6.38. The lowest BCUT2D eigenvalue weighted by atomic mass is 10.2. The van der Waals surface area contributed by atoms with Crippen LogP contribution >= 0.6 is 0 Å². The summed E-state index contributed by atoms with van der Waals surface area (Å²) in [5.41, 5.74) is 4.61. The Morgan fingerprint density at radius 2 is 1.90 bits per heavy atom. The number of aryl methyl sites for hydroxylation is 2. The summed E-state index contributed by atoms with van der Waals surface area (Å²) in [5.74, 6) is 2.41. The molecule has 0 atom stereocenters. The van der Waals surface area contributed by atoms with Crippen molar-refractivity contribution in [2.24, 2.45) is 7.05 Å². The molecule has 4 heterocycles. The second-order valence-corrected chi connectivity index (χ2v) is 7.67. The molecule has 0 aliphatic heterocycles. The third-order valence-electron chi connectivity index (χ3n) is 5.46. The van der Waals surface area contributed by atoms with Gasteiger partial charge in [0.05, 0.1) is 11.0 Å². The van der Waals surface area contributed by atoms with Crippen LogP contribution in [-0.2, 0) is 13.6 Å². The first kappa shape index (κ1) is 17.1. The number of imidazole rings is 1. The van der Waals surface area contributed by atoms with Crippen molar-refractivity contribution < 1.29 is 0 Å². The lowest BCUT2D eigenvalue weighted by molar-refractivity contribution is 0.623. The number of nitrogens with one attached hydrogen (secondary N) is 1. The predicted molar refractivity (Wildman–Crippen MR) is 112 cm³/mol. The van der Waals surface area contributed by atoms with Crippen molar-refractivity contribution in [2.75, 3.05) is 0 Å². The van der Waals surface area contributed by atoms with Gasteiger partial charge in [-0.3, -0.25) is 9.36 Å². The molecule has 1 fully saturated rings. The molecule has 0 saturated heterocycles. The minimum absolute atomic E-state index is 0.546. The average molecular weight is 399 g/mol. The van der Waals surface area contributed by atoms with Crippen LogP contribution in [0.2, 0.25) is 0 Å². The first-order valence-electron chi connectivity index (χ1n) is 10.2. The van der Waals surface area contributed by atoms with Crippen molar-refractivity contribution >= 4 is 11.0 Å². The van der Waals surface area contributed by atoms with Crippen LogP contribution in [0.15, 0.2) is 42.6 Å². The Bertz CT molecular complexity index is 1330. The molecule has 0 spiro atoms. The van der Waals surface area contributed by atoms with E-state index in [0.29, 0.717) is 29.2 Å². The Hall–Kier alpha value is -3.75. The summed E-state index contributed by atoms with van der Waals surface area (Å²) in [6.07, 6.45) is 4.33. The van der Waals surface area contributed by atoms with Crippen LogP contribution < -0.4 is 0 Å². The highest BCUT2D eigenvalue weighted by molar-refractivity contribution is 5.76. The van der Waals surface area contributed by atoms with E-state index >= 15 is 0 Å². The molecule has 6 rings (SSSR count). The maximum absolute atomic E-state index is 4.84. The maximum Gasteiger partial charge on any atom is 0.231 e. The van der Waals surface area contributed by atoms with E-state index in [-0.39, 0.29) is 0 Å². The number of nitrogens with zero attached hydrogens (tertiary/aromatic N) is 8. The van der Waals surface area contributed by atoms with Gasteiger partial charge in [-0.2, -0.15) is 14.9 Å². The first-order chi connectivity index (χ1) is 14.7. The lowest BCUT2D eigenvalue weighted by Crippen LogP contribution is -2.04. The van der Waals surface area contributed by atoms with Crippen molar-refractivity contribution in [3.05, 3.63) is 48.3 Å². The van der Waals surface area contributed by atoms with Gasteiger partial charge in [0.2, 0.25) is 11.8 Å². The second-order valence-electron chi connectivity index (χ2n) is 7.67. The zero-order valence-corrected chi connectivity index (χ0v) is 16.8. The summed E-state index contributed by atoms with van der Waals surface area (Å²) in [6.45, 7) is 2.95. The third-order valence-corrected chi connectivity index (χ3v) is 5.46. The molecule has 9 heteroatoms. The fourth-order valence-corrected chi connectivity index (χ4v) is 3.81. The predicted octanol–water partition coefficient (Wildman–Crippen LogP) is 3.30. The monoisotopic (exact) mass is 399 g/mol. The van der Waals surface area contributed by atoms with Crippen LogP contribution in [0, 0.1) is 0 Å². The zero-order valence-electron chi connectivity index (χ0n) is 16.8. The molecule has 0 radical (unpaired) electrons. The van der Waals surface area contributed by atoms with E-state index in [1.807, 2.05) is 43.6 Å². The van der Waals surface area contributed by atoms with Gasteiger partial charge in [-0.05, 0) is 44.0 Å². The highest BCUT2D eigenvalue weighted by Gasteiger charge is 2.29. The van der Waals surface area contributed by atoms with Crippen molar-refractivity contribution in [3.8, 4) is 29.0 Å². The summed E-state index contributed by atoms with van der Waals surface area (Å²) >= 11 is 0. The van der Waals surface area contributed by atoms with E-state index in [0.717, 1.165) is 23.3 Å². The van der Waals surface area contributed by atoms with Crippen LogP contribution in [0.5, 0.6) is 0 Å². The van der Waals surface area contributed by atoms with E-state index in [2.05, 4.69) is 27.8 Å². The lowest BCUT2D eigenvalue weighted by Gasteiger charge is -2.01. The Labute approximate surface area is 172 Å². The molecule has 1 aliphatic rings. The van der Waals surface area contributed by atoms with Gasteiger partial charge in [-0.25, -0.2) is 9.97 Å². The molecule has 9 nitrogen and oxygen atoms in total. The van der Waals surface area contributed by atoms with E-state index < -0.39 is 0 Å². The van der Waals surface area contributed by atoms with Gasteiger partial charge >= 0.3 is 0 Å². The number of rotatable bonds is 5. The Balaban J connectivity index is 1.54. The van der Waals surface area contributed by atoms with Crippen LogP contribution in [0.3, 0.4) is 0 Å². The molecule has 0 unspecified atom stereocenters. The number of fused-ring (bicyclic) bond motifs is 1. The number of benzene rings is 1. The summed E-state index contributed by atoms with van der Waals surface area (Å²) in [6, 6.07) is 12.0. The highest BCUT2D eigenvalue weighted by Crippen LogP contribution is 2.41. The Morgan fingerprint density at radius 3 is 2.63 bits per heavy atom. The summed E-state index contributed by atoms with van der Waals surface area (Å²) < 4.78 is 5.56. The minimum atomic E-state index is 0.546. The van der Waals surface area contributed by atoms with Crippen molar-refractivity contribution in [3.63, 3.8) is 0 Å². The molecule has 4 aromatic heterocycles. The standard InChI is InChI=1S/C21H21N9/c1-3-29-18(13-8-9-13)12-17(26-29)20-24-19(16-10-11-28(2)25-16)27-30(20)21-22-14-6-4-5-7-15(14)23-21/h4-7,10-13H,3,8-9H2,1-2H3,(H,22,23). The van der Waals surface area contributed by atoms with Gasteiger partial charge in [0.15, 0.2) is 5.82 Å². The Morgan fingerprint density at radius 1 is 1.03 bits per heavy atom. The van der Waals surface area contributed by atoms with E-state index in [1.165, 1.54) is 18.5 Å². The summed E-state index contributed by atoms with van der Waals surface area (Å²) in [7, 11) is 1.88. The number of aromatic amines is 1. The molecule has 1 aliphatic carbocycles. The molecule has 0 bridgehead atoms. The van der Waals surface area contributed by atoms with Gasteiger partial charge in [-0.1, -0.05) is 12.1 Å². The molecular formula is C21H21N9. The quantitative estimate of drug-likeness (QED) is 0.489. The maximum atomic E-state index is 4.84. The summed E-state index contributed by atoms with van der Waals surface area (Å²) in [4.78, 5) is 12.9. The highest BCUT2D eigenvalue weighted by atomic mass is 15.4. The summed E-state index contributed by atoms with van der Waals surface area (Å²) in [5, 5.41) is 14.1. The van der Waals surface area contributed by atoms with Gasteiger partial charge in [0, 0.05) is 31.4 Å². The van der Waals surface area contributed by atoms with Crippen LogP contribution in [0.4, 0.5) is 0 Å². The topological polar surface area (TPSA) is 95.0 Å². The number of aromatic nitrogens is 9. The first-order valence-corrected chi connectivity index (χ1v) is 10.2. The Kier molecular flexibility index (Phi) is 3.64. The van der Waals surface area contributed by atoms with E-state index in [9.17, 15) is 0 Å². The molecule has 1 saturated carbocycles. The SMILES string of the molecule is CCn1nc(-c2nc(-c3ccn(C)n3)nn2-c2nc3ccccc3[nH]2)cc1C1CC1. The van der Waals surface area contributed by atoms with E-state index in [4.69, 9.17) is 20.2 Å². The van der Waals surface area contributed by atoms with Gasteiger partial charge in [0.1, 0.15) is 11.4 Å². The fourth-order valence-electron chi connectivity index (χ4n) is 3.81. The molecule has 0 amide bonds. The molecule has 1 N–H and O–H groups in total. The van der Waals surface area contributed by atoms with Crippen LogP contribution in [0.1, 0.15) is 31.4 Å². The molecule has 150 valence electrons. The number of H-pyrrole nitrogens is 1. The average Bonchev–Trinajstić information content (AvgIpc) is 3.15. The number of para-hydroxylation sites is 2. The van der Waals surface area contributed by atoms with Crippen LogP contribution in [0.25, 0.3) is 40.0 Å². The van der Waals surface area contributed by atoms with Crippen molar-refractivity contribution in [1.29, 1.82) is 0 Å². The number of hydrogen-bond acceptors (Lipinski definition) is 5. The molecular weight excluding hydrogens is 378 g/mol. The van der Waals surface area contributed by atoms with Gasteiger partial charge in [0.25, 0.3) is 0 Å². The molecule has 1 aromatic carbocycles. The van der Waals surface area contributed by atoms with Crippen molar-refractivity contribution in [2.45, 2.75) is 32.2 Å². The van der Waals surface area contributed by atoms with Crippen molar-refractivity contribution in [1.82, 2.24) is 44.3 Å². The zero-order chi connectivity index (χ0) is 20.2. The fraction of sp³-hybridized carbons (Fsp3) is 0.286. The largest absolute Gasteiger partial charge is 0.322 e. The van der Waals surface area contributed by atoms with Gasteiger partial charge < -0.3 is 4.98 Å². The third kappa shape index (κ3) is 2.73. The molecule has 30 heavy (non-hydrogen) atoms. The van der Waals surface area contributed by atoms with Crippen LogP contribution in [-0.4, -0.2) is 44.3 Å². The van der Waals surface area contributed by atoms with Gasteiger partial charge in [-0.15, -0.1) is 5.10 Å². The smallest absolute Gasteiger partial charge is 0.231 e. The van der Waals surface area contributed by atoms with E-state index in [1.54, 1.807) is 9.36 Å². The minimum Gasteiger partial charge on any atom is -0.322 e.